The summed E-state index contributed by atoms with van der Waals surface area (Å²) in [6.45, 7) is 9.51. The Morgan fingerprint density at radius 1 is 1.29 bits per heavy atom. The molecular formula is C14H27N3. The third kappa shape index (κ3) is 4.82. The molecule has 2 aliphatic rings. The van der Waals surface area contributed by atoms with Crippen LogP contribution >= 0.6 is 0 Å². The number of nitrogens with one attached hydrogen (secondary N) is 2. The molecule has 3 nitrogen and oxygen atoms in total. The monoisotopic (exact) mass is 237 g/mol. The van der Waals surface area contributed by atoms with Crippen molar-refractivity contribution in [3.8, 4) is 0 Å². The number of piperidine rings is 1. The average Bonchev–Trinajstić information content (AvgIpc) is 2.35. The molecule has 0 aliphatic carbocycles. The lowest BCUT2D eigenvalue weighted by Crippen LogP contribution is -2.42. The van der Waals surface area contributed by atoms with E-state index in [1.54, 1.807) is 0 Å². The minimum absolute atomic E-state index is 0.667. The van der Waals surface area contributed by atoms with E-state index < -0.39 is 0 Å². The molecule has 2 N–H and O–H groups in total. The Morgan fingerprint density at radius 3 is 2.53 bits per heavy atom. The SMILES string of the molecule is CC.CC1=CNCC(NC2CCN(C)CC2)=C1. The zero-order chi connectivity index (χ0) is 12.7. The minimum atomic E-state index is 0.667. The van der Waals surface area contributed by atoms with Gasteiger partial charge >= 0.3 is 0 Å². The largest absolute Gasteiger partial charge is 0.385 e. The fraction of sp³-hybridized carbons (Fsp3) is 0.714. The Labute approximate surface area is 106 Å². The van der Waals surface area contributed by atoms with E-state index in [0.717, 1.165) is 6.54 Å². The van der Waals surface area contributed by atoms with Crippen molar-refractivity contribution in [3.63, 3.8) is 0 Å². The van der Waals surface area contributed by atoms with Gasteiger partial charge in [-0.05, 0) is 57.8 Å². The minimum Gasteiger partial charge on any atom is -0.385 e. The molecule has 0 radical (unpaired) electrons. The van der Waals surface area contributed by atoms with Gasteiger partial charge in [0.15, 0.2) is 0 Å². The van der Waals surface area contributed by atoms with Gasteiger partial charge in [0.05, 0.1) is 6.54 Å². The van der Waals surface area contributed by atoms with Gasteiger partial charge in [-0.25, -0.2) is 0 Å². The zero-order valence-electron chi connectivity index (χ0n) is 11.7. The predicted molar refractivity (Wildman–Crippen MR) is 74.8 cm³/mol. The molecule has 3 heteroatoms. The molecule has 2 aliphatic heterocycles. The lowest BCUT2D eigenvalue weighted by molar-refractivity contribution is 0.241. The second-order valence-corrected chi connectivity index (χ2v) is 4.66. The van der Waals surface area contributed by atoms with Gasteiger partial charge in [0.1, 0.15) is 0 Å². The molecule has 1 saturated heterocycles. The quantitative estimate of drug-likeness (QED) is 0.770. The molecule has 0 atom stereocenters. The third-order valence-corrected chi connectivity index (χ3v) is 3.13. The van der Waals surface area contributed by atoms with Crippen LogP contribution in [-0.2, 0) is 0 Å². The number of allylic oxidation sites excluding steroid dienone is 2. The fourth-order valence-corrected chi connectivity index (χ4v) is 2.20. The Hall–Kier alpha value is -0.960. The summed E-state index contributed by atoms with van der Waals surface area (Å²) >= 11 is 0. The average molecular weight is 237 g/mol. The van der Waals surface area contributed by atoms with E-state index in [1.165, 1.54) is 37.2 Å². The number of rotatable bonds is 2. The molecule has 17 heavy (non-hydrogen) atoms. The van der Waals surface area contributed by atoms with Gasteiger partial charge in [0, 0.05) is 11.7 Å². The van der Waals surface area contributed by atoms with E-state index in [0.29, 0.717) is 6.04 Å². The Bertz CT molecular complexity index is 273. The molecule has 0 aromatic rings. The van der Waals surface area contributed by atoms with Crippen molar-refractivity contribution < 1.29 is 0 Å². The topological polar surface area (TPSA) is 27.3 Å². The van der Waals surface area contributed by atoms with E-state index in [2.05, 4.69) is 41.8 Å². The van der Waals surface area contributed by atoms with Crippen molar-refractivity contribution in [2.45, 2.75) is 39.7 Å². The molecule has 0 amide bonds. The number of hydrogen-bond acceptors (Lipinski definition) is 3. The molecule has 1 fully saturated rings. The first-order chi connectivity index (χ1) is 8.24. The number of hydrogen-bond donors (Lipinski definition) is 2. The van der Waals surface area contributed by atoms with Crippen LogP contribution in [0.4, 0.5) is 0 Å². The van der Waals surface area contributed by atoms with E-state index in [-0.39, 0.29) is 0 Å². The van der Waals surface area contributed by atoms with Crippen LogP contribution in [0.3, 0.4) is 0 Å². The van der Waals surface area contributed by atoms with E-state index in [1.807, 2.05) is 13.8 Å². The first kappa shape index (κ1) is 14.1. The molecule has 2 rings (SSSR count). The first-order valence-electron chi connectivity index (χ1n) is 6.80. The summed E-state index contributed by atoms with van der Waals surface area (Å²) in [5.41, 5.74) is 2.64. The molecule has 0 aromatic carbocycles. The van der Waals surface area contributed by atoms with Crippen LogP contribution in [0.2, 0.25) is 0 Å². The van der Waals surface area contributed by atoms with Crippen molar-refractivity contribution in [1.29, 1.82) is 0 Å². The summed E-state index contributed by atoms with van der Waals surface area (Å²) in [5, 5.41) is 6.92. The highest BCUT2D eigenvalue weighted by Crippen LogP contribution is 2.11. The number of dihydropyridines is 1. The van der Waals surface area contributed by atoms with Gasteiger partial charge in [0.2, 0.25) is 0 Å². The van der Waals surface area contributed by atoms with Crippen LogP contribution in [0.15, 0.2) is 23.5 Å². The lowest BCUT2D eigenvalue weighted by atomic mass is 10.0. The third-order valence-electron chi connectivity index (χ3n) is 3.13. The molecule has 0 aromatic heterocycles. The Balaban J connectivity index is 0.000000686. The van der Waals surface area contributed by atoms with E-state index >= 15 is 0 Å². The molecule has 0 unspecified atom stereocenters. The molecule has 98 valence electrons. The van der Waals surface area contributed by atoms with Crippen molar-refractivity contribution >= 4 is 0 Å². The van der Waals surface area contributed by atoms with Crippen LogP contribution in [0, 0.1) is 0 Å². The Kier molecular flexibility index (Phi) is 6.12. The molecule has 0 bridgehead atoms. The molecule has 2 heterocycles. The highest BCUT2D eigenvalue weighted by molar-refractivity contribution is 5.25. The second kappa shape index (κ2) is 7.38. The maximum atomic E-state index is 3.64. The fourth-order valence-electron chi connectivity index (χ4n) is 2.20. The van der Waals surface area contributed by atoms with Crippen LogP contribution < -0.4 is 10.6 Å². The maximum absolute atomic E-state index is 3.64. The van der Waals surface area contributed by atoms with Crippen molar-refractivity contribution in [3.05, 3.63) is 23.5 Å². The molecule has 0 saturated carbocycles. The van der Waals surface area contributed by atoms with E-state index in [4.69, 9.17) is 0 Å². The van der Waals surface area contributed by atoms with Gasteiger partial charge in [-0.3, -0.25) is 0 Å². The van der Waals surface area contributed by atoms with Crippen LogP contribution in [0.5, 0.6) is 0 Å². The Morgan fingerprint density at radius 2 is 1.94 bits per heavy atom. The normalized spacial score (nSPS) is 21.6. The molecule has 0 spiro atoms. The van der Waals surface area contributed by atoms with Crippen molar-refractivity contribution in [1.82, 2.24) is 15.5 Å². The summed E-state index contributed by atoms with van der Waals surface area (Å²) in [6, 6.07) is 0.667. The van der Waals surface area contributed by atoms with Gasteiger partial charge in [-0.1, -0.05) is 13.8 Å². The summed E-state index contributed by atoms with van der Waals surface area (Å²) in [7, 11) is 2.20. The van der Waals surface area contributed by atoms with Crippen molar-refractivity contribution in [2.24, 2.45) is 0 Å². The number of likely N-dealkylation sites (tertiary alicyclic amines) is 1. The zero-order valence-corrected chi connectivity index (χ0v) is 11.7. The summed E-state index contributed by atoms with van der Waals surface area (Å²) in [4.78, 5) is 2.40. The van der Waals surface area contributed by atoms with Crippen LogP contribution in [0.1, 0.15) is 33.6 Å². The summed E-state index contributed by atoms with van der Waals surface area (Å²) in [6.07, 6.45) is 6.84. The second-order valence-electron chi connectivity index (χ2n) is 4.66. The van der Waals surface area contributed by atoms with Gasteiger partial charge in [-0.15, -0.1) is 0 Å². The smallest absolute Gasteiger partial charge is 0.0542 e. The van der Waals surface area contributed by atoms with Crippen molar-refractivity contribution in [2.75, 3.05) is 26.7 Å². The van der Waals surface area contributed by atoms with Gasteiger partial charge in [0.25, 0.3) is 0 Å². The summed E-state index contributed by atoms with van der Waals surface area (Å²) in [5.74, 6) is 0. The maximum Gasteiger partial charge on any atom is 0.0542 e. The first-order valence-corrected chi connectivity index (χ1v) is 6.80. The molecular weight excluding hydrogens is 210 g/mol. The van der Waals surface area contributed by atoms with Crippen LogP contribution in [-0.4, -0.2) is 37.6 Å². The highest BCUT2D eigenvalue weighted by atomic mass is 15.1. The van der Waals surface area contributed by atoms with Gasteiger partial charge in [-0.2, -0.15) is 0 Å². The van der Waals surface area contributed by atoms with Crippen LogP contribution in [0.25, 0.3) is 0 Å². The van der Waals surface area contributed by atoms with Gasteiger partial charge < -0.3 is 15.5 Å². The summed E-state index contributed by atoms with van der Waals surface area (Å²) < 4.78 is 0. The van der Waals surface area contributed by atoms with E-state index in [9.17, 15) is 0 Å². The highest BCUT2D eigenvalue weighted by Gasteiger charge is 2.17. The predicted octanol–water partition coefficient (Wildman–Crippen LogP) is 2.09. The standard InChI is InChI=1S/C12H21N3.C2H6/c1-10-7-12(9-13-8-10)14-11-3-5-15(2)6-4-11;1-2/h7-8,11,13-14H,3-6,9H2,1-2H3;1-2H3. The number of nitrogens with zero attached hydrogens (tertiary/aromatic N) is 1. The lowest BCUT2D eigenvalue weighted by Gasteiger charge is -2.31.